The highest BCUT2D eigenvalue weighted by Gasteiger charge is 2.23. The summed E-state index contributed by atoms with van der Waals surface area (Å²) < 4.78 is 0. The monoisotopic (exact) mass is 253 g/mol. The third kappa shape index (κ3) is 3.42. The van der Waals surface area contributed by atoms with Gasteiger partial charge in [-0.15, -0.1) is 11.3 Å². The quantitative estimate of drug-likeness (QED) is 0.874. The fraction of sp³-hybridized carbons (Fsp3) is 0.769. The zero-order valence-corrected chi connectivity index (χ0v) is 11.9. The van der Waals surface area contributed by atoms with Gasteiger partial charge >= 0.3 is 0 Å². The van der Waals surface area contributed by atoms with Crippen molar-refractivity contribution < 1.29 is 0 Å². The molecule has 1 N–H and O–H groups in total. The van der Waals surface area contributed by atoms with Gasteiger partial charge in [-0.3, -0.25) is 0 Å². The second-order valence-corrected chi connectivity index (χ2v) is 6.25. The molecule has 1 saturated heterocycles. The normalized spacial score (nSPS) is 20.5. The van der Waals surface area contributed by atoms with E-state index in [1.54, 1.807) is 0 Å². The Morgan fingerprint density at radius 2 is 2.41 bits per heavy atom. The smallest absolute Gasteiger partial charge is 0.185 e. The average molecular weight is 253 g/mol. The molecule has 0 aliphatic carbocycles. The minimum absolute atomic E-state index is 0.539. The predicted octanol–water partition coefficient (Wildman–Crippen LogP) is 2.88. The average Bonchev–Trinajstić information content (AvgIpc) is 2.94. The zero-order chi connectivity index (χ0) is 12.3. The third-order valence-electron chi connectivity index (χ3n) is 3.36. The number of nitrogens with zero attached hydrogens (tertiary/aromatic N) is 2. The second-order valence-electron chi connectivity index (χ2n) is 5.15. The van der Waals surface area contributed by atoms with Gasteiger partial charge in [0.15, 0.2) is 5.13 Å². The lowest BCUT2D eigenvalue weighted by atomic mass is 10.1. The SMILES string of the molecule is CCC1CCN(c2ncc(CNC(C)C)s2)C1. The Bertz CT molecular complexity index is 348. The fourth-order valence-corrected chi connectivity index (χ4v) is 3.07. The van der Waals surface area contributed by atoms with Gasteiger partial charge in [0.1, 0.15) is 0 Å². The van der Waals surface area contributed by atoms with Crippen LogP contribution in [0.15, 0.2) is 6.20 Å². The molecule has 1 aliphatic heterocycles. The number of anilines is 1. The van der Waals surface area contributed by atoms with Gasteiger partial charge in [-0.25, -0.2) is 4.98 Å². The van der Waals surface area contributed by atoms with E-state index in [4.69, 9.17) is 0 Å². The number of thiazole rings is 1. The summed E-state index contributed by atoms with van der Waals surface area (Å²) in [6.45, 7) is 9.96. The first-order valence-electron chi connectivity index (χ1n) is 6.62. The molecule has 0 spiro atoms. The molecule has 1 fully saturated rings. The summed E-state index contributed by atoms with van der Waals surface area (Å²) >= 11 is 1.84. The van der Waals surface area contributed by atoms with Crippen LogP contribution in [0.5, 0.6) is 0 Å². The summed E-state index contributed by atoms with van der Waals surface area (Å²) in [6.07, 6.45) is 4.65. The van der Waals surface area contributed by atoms with Crippen molar-refractivity contribution in [1.82, 2.24) is 10.3 Å². The molecule has 0 amide bonds. The van der Waals surface area contributed by atoms with Gasteiger partial charge in [-0.1, -0.05) is 27.2 Å². The molecule has 0 saturated carbocycles. The molecule has 3 nitrogen and oxygen atoms in total. The van der Waals surface area contributed by atoms with Crippen LogP contribution in [0.3, 0.4) is 0 Å². The van der Waals surface area contributed by atoms with E-state index in [9.17, 15) is 0 Å². The maximum absolute atomic E-state index is 4.55. The van der Waals surface area contributed by atoms with Crippen molar-refractivity contribution in [2.24, 2.45) is 5.92 Å². The van der Waals surface area contributed by atoms with Crippen LogP contribution in [0.25, 0.3) is 0 Å². The van der Waals surface area contributed by atoms with E-state index in [1.807, 2.05) is 17.5 Å². The van der Waals surface area contributed by atoms with Gasteiger partial charge in [-0.05, 0) is 12.3 Å². The molecule has 1 aromatic heterocycles. The van der Waals surface area contributed by atoms with Crippen LogP contribution in [-0.2, 0) is 6.54 Å². The molecular weight excluding hydrogens is 230 g/mol. The van der Waals surface area contributed by atoms with Crippen molar-refractivity contribution in [2.75, 3.05) is 18.0 Å². The molecule has 1 aliphatic rings. The van der Waals surface area contributed by atoms with Crippen molar-refractivity contribution in [3.8, 4) is 0 Å². The summed E-state index contributed by atoms with van der Waals surface area (Å²) in [7, 11) is 0. The maximum Gasteiger partial charge on any atom is 0.185 e. The van der Waals surface area contributed by atoms with Crippen molar-refractivity contribution in [1.29, 1.82) is 0 Å². The maximum atomic E-state index is 4.55. The van der Waals surface area contributed by atoms with Gasteiger partial charge in [0.25, 0.3) is 0 Å². The topological polar surface area (TPSA) is 28.2 Å². The predicted molar refractivity (Wildman–Crippen MR) is 74.7 cm³/mol. The summed E-state index contributed by atoms with van der Waals surface area (Å²) in [5.41, 5.74) is 0. The van der Waals surface area contributed by atoms with Crippen LogP contribution in [0, 0.1) is 5.92 Å². The molecule has 96 valence electrons. The molecule has 2 rings (SSSR count). The van der Waals surface area contributed by atoms with Crippen LogP contribution in [0.4, 0.5) is 5.13 Å². The number of aromatic nitrogens is 1. The third-order valence-corrected chi connectivity index (χ3v) is 4.42. The Labute approximate surface area is 108 Å². The highest BCUT2D eigenvalue weighted by atomic mass is 32.1. The molecule has 1 atom stereocenters. The van der Waals surface area contributed by atoms with E-state index in [0.717, 1.165) is 12.5 Å². The first-order chi connectivity index (χ1) is 8.19. The molecule has 17 heavy (non-hydrogen) atoms. The lowest BCUT2D eigenvalue weighted by Crippen LogP contribution is -2.21. The molecular formula is C13H23N3S. The van der Waals surface area contributed by atoms with E-state index >= 15 is 0 Å². The van der Waals surface area contributed by atoms with Crippen LogP contribution in [-0.4, -0.2) is 24.1 Å². The summed E-state index contributed by atoms with van der Waals surface area (Å²) in [5, 5.41) is 4.65. The lowest BCUT2D eigenvalue weighted by Gasteiger charge is -2.14. The van der Waals surface area contributed by atoms with Gasteiger partial charge in [0.05, 0.1) is 0 Å². The molecule has 2 heterocycles. The molecule has 1 aromatic rings. The first kappa shape index (κ1) is 12.8. The first-order valence-corrected chi connectivity index (χ1v) is 7.43. The van der Waals surface area contributed by atoms with Crippen LogP contribution in [0.2, 0.25) is 0 Å². The van der Waals surface area contributed by atoms with Crippen LogP contribution in [0.1, 0.15) is 38.5 Å². The highest BCUT2D eigenvalue weighted by molar-refractivity contribution is 7.15. The summed E-state index contributed by atoms with van der Waals surface area (Å²) in [5.74, 6) is 0.871. The minimum Gasteiger partial charge on any atom is -0.348 e. The van der Waals surface area contributed by atoms with E-state index < -0.39 is 0 Å². The van der Waals surface area contributed by atoms with E-state index in [2.05, 4.69) is 36.0 Å². The summed E-state index contributed by atoms with van der Waals surface area (Å²) in [6, 6.07) is 0.539. The molecule has 4 heteroatoms. The van der Waals surface area contributed by atoms with Gasteiger partial charge in [0, 0.05) is 36.8 Å². The van der Waals surface area contributed by atoms with Gasteiger partial charge in [-0.2, -0.15) is 0 Å². The summed E-state index contributed by atoms with van der Waals surface area (Å²) in [4.78, 5) is 8.33. The van der Waals surface area contributed by atoms with Crippen LogP contribution < -0.4 is 10.2 Å². The Morgan fingerprint density at radius 3 is 3.06 bits per heavy atom. The van der Waals surface area contributed by atoms with Crippen molar-refractivity contribution in [3.05, 3.63) is 11.1 Å². The largest absolute Gasteiger partial charge is 0.348 e. The Hall–Kier alpha value is -0.610. The molecule has 0 bridgehead atoms. The Kier molecular flexibility index (Phi) is 4.40. The Balaban J connectivity index is 1.90. The minimum atomic E-state index is 0.539. The van der Waals surface area contributed by atoms with Gasteiger partial charge in [0.2, 0.25) is 0 Å². The van der Waals surface area contributed by atoms with E-state index in [1.165, 1.54) is 35.9 Å². The zero-order valence-electron chi connectivity index (χ0n) is 11.1. The number of rotatable bonds is 5. The van der Waals surface area contributed by atoms with Crippen molar-refractivity contribution in [2.45, 2.75) is 46.2 Å². The van der Waals surface area contributed by atoms with Crippen LogP contribution >= 0.6 is 11.3 Å². The van der Waals surface area contributed by atoms with Crippen molar-refractivity contribution >= 4 is 16.5 Å². The van der Waals surface area contributed by atoms with Gasteiger partial charge < -0.3 is 10.2 Å². The molecule has 0 radical (unpaired) electrons. The lowest BCUT2D eigenvalue weighted by molar-refractivity contribution is 0.569. The number of hydrogen-bond donors (Lipinski definition) is 1. The van der Waals surface area contributed by atoms with E-state index in [-0.39, 0.29) is 0 Å². The highest BCUT2D eigenvalue weighted by Crippen LogP contribution is 2.29. The Morgan fingerprint density at radius 1 is 1.59 bits per heavy atom. The number of nitrogens with one attached hydrogen (secondary N) is 1. The fourth-order valence-electron chi connectivity index (χ4n) is 2.17. The standard InChI is InChI=1S/C13H23N3S/c1-4-11-5-6-16(9-11)13-15-8-12(17-13)7-14-10(2)3/h8,10-11,14H,4-7,9H2,1-3H3. The molecule has 0 aromatic carbocycles. The van der Waals surface area contributed by atoms with Crippen molar-refractivity contribution in [3.63, 3.8) is 0 Å². The molecule has 1 unspecified atom stereocenters. The second kappa shape index (κ2) is 5.83. The number of hydrogen-bond acceptors (Lipinski definition) is 4. The van der Waals surface area contributed by atoms with E-state index in [0.29, 0.717) is 6.04 Å².